The number of rotatable bonds is 1. The van der Waals surface area contributed by atoms with E-state index in [9.17, 15) is 9.36 Å². The third-order valence-corrected chi connectivity index (χ3v) is 1.34. The molecule has 0 rings (SSSR count). The molecule has 9 heteroatoms. The van der Waals surface area contributed by atoms with E-state index in [1.807, 2.05) is 0 Å². The van der Waals surface area contributed by atoms with Crippen molar-refractivity contribution in [3.8, 4) is 0 Å². The van der Waals surface area contributed by atoms with Crippen LogP contribution in [0.15, 0.2) is 0 Å². The van der Waals surface area contributed by atoms with Crippen LogP contribution in [-0.4, -0.2) is 14.7 Å². The van der Waals surface area contributed by atoms with E-state index < -0.39 is 17.5 Å². The highest BCUT2D eigenvalue weighted by molar-refractivity contribution is 7.50. The Morgan fingerprint density at radius 2 is 1.91 bits per heavy atom. The molecule has 0 aliphatic heterocycles. The van der Waals surface area contributed by atoms with Crippen molar-refractivity contribution in [3.05, 3.63) is 0 Å². The first kappa shape index (κ1) is 11.5. The summed E-state index contributed by atoms with van der Waals surface area (Å²) in [7, 11) is -4.42. The minimum Gasteiger partial charge on any atom is -0.377 e. The SMILES string of the molecule is NP(=O)(O)OC(=O)C(Cl)(Cl)Cl. The number of nitrogens with two attached hydrogens (primary N) is 1. The van der Waals surface area contributed by atoms with E-state index >= 15 is 0 Å². The summed E-state index contributed by atoms with van der Waals surface area (Å²) in [6.45, 7) is 0. The van der Waals surface area contributed by atoms with Crippen molar-refractivity contribution in [1.82, 2.24) is 0 Å². The molecule has 66 valence electrons. The minimum absolute atomic E-state index is 1.49. The molecular formula is C2H3Cl3NO4P. The number of carbonyl (C=O) groups is 1. The molecule has 0 aliphatic rings. The van der Waals surface area contributed by atoms with E-state index in [0.717, 1.165) is 0 Å². The van der Waals surface area contributed by atoms with Gasteiger partial charge in [0.15, 0.2) is 0 Å². The molecule has 0 heterocycles. The number of hydrogen-bond acceptors (Lipinski definition) is 3. The number of halogens is 3. The molecule has 0 aliphatic carbocycles. The fourth-order valence-corrected chi connectivity index (χ4v) is 0.822. The Kier molecular flexibility index (Phi) is 3.63. The van der Waals surface area contributed by atoms with E-state index in [0.29, 0.717) is 0 Å². The summed E-state index contributed by atoms with van der Waals surface area (Å²) in [6.07, 6.45) is 0. The number of carbonyl (C=O) groups excluding carboxylic acids is 1. The molecule has 0 saturated heterocycles. The van der Waals surface area contributed by atoms with Crippen molar-refractivity contribution >= 4 is 48.5 Å². The van der Waals surface area contributed by atoms with Crippen LogP contribution in [0, 0.1) is 0 Å². The summed E-state index contributed by atoms with van der Waals surface area (Å²) in [5.74, 6) is -1.49. The fourth-order valence-electron chi connectivity index (χ4n) is 0.171. The average Bonchev–Trinajstić information content (AvgIpc) is 1.56. The zero-order valence-electron chi connectivity index (χ0n) is 4.83. The molecule has 5 nitrogen and oxygen atoms in total. The fraction of sp³-hybridized carbons (Fsp3) is 0.500. The second-order valence-electron chi connectivity index (χ2n) is 1.44. The van der Waals surface area contributed by atoms with Crippen molar-refractivity contribution in [2.45, 2.75) is 3.79 Å². The third-order valence-electron chi connectivity index (χ3n) is 0.445. The summed E-state index contributed by atoms with van der Waals surface area (Å²) >= 11 is 14.9. The van der Waals surface area contributed by atoms with Gasteiger partial charge in [-0.25, -0.2) is 14.9 Å². The van der Waals surface area contributed by atoms with E-state index in [4.69, 9.17) is 39.7 Å². The predicted molar refractivity (Wildman–Crippen MR) is 40.4 cm³/mol. The Labute approximate surface area is 76.9 Å². The van der Waals surface area contributed by atoms with Crippen LogP contribution in [0.4, 0.5) is 0 Å². The van der Waals surface area contributed by atoms with E-state index in [-0.39, 0.29) is 0 Å². The van der Waals surface area contributed by atoms with Crippen LogP contribution in [0.5, 0.6) is 0 Å². The molecule has 0 spiro atoms. The maximum absolute atomic E-state index is 10.4. The molecule has 0 fully saturated rings. The molecular weight excluding hydrogens is 239 g/mol. The smallest absolute Gasteiger partial charge is 0.377 e. The van der Waals surface area contributed by atoms with Gasteiger partial charge in [0, 0.05) is 0 Å². The van der Waals surface area contributed by atoms with Crippen LogP contribution in [-0.2, 0) is 13.9 Å². The maximum Gasteiger partial charge on any atom is 0.455 e. The highest BCUT2D eigenvalue weighted by atomic mass is 35.6. The first-order valence-corrected chi connectivity index (χ1v) is 4.83. The number of hydrogen-bond donors (Lipinski definition) is 2. The van der Waals surface area contributed by atoms with E-state index in [1.54, 1.807) is 0 Å². The highest BCUT2D eigenvalue weighted by Gasteiger charge is 2.36. The summed E-state index contributed by atoms with van der Waals surface area (Å²) in [4.78, 5) is 18.7. The number of alkyl halides is 3. The molecule has 0 aromatic rings. The van der Waals surface area contributed by atoms with Crippen LogP contribution in [0.25, 0.3) is 0 Å². The van der Waals surface area contributed by atoms with Gasteiger partial charge in [-0.3, -0.25) is 0 Å². The van der Waals surface area contributed by atoms with Crippen molar-refractivity contribution < 1.29 is 18.8 Å². The van der Waals surface area contributed by atoms with Gasteiger partial charge in [-0.1, -0.05) is 34.8 Å². The highest BCUT2D eigenvalue weighted by Crippen LogP contribution is 2.37. The second-order valence-corrected chi connectivity index (χ2v) is 5.03. The largest absolute Gasteiger partial charge is 0.455 e. The van der Waals surface area contributed by atoms with Crippen molar-refractivity contribution in [3.63, 3.8) is 0 Å². The van der Waals surface area contributed by atoms with Gasteiger partial charge in [-0.2, -0.15) is 0 Å². The quantitative estimate of drug-likeness (QED) is 0.528. The second kappa shape index (κ2) is 3.47. The van der Waals surface area contributed by atoms with Crippen LogP contribution >= 0.6 is 42.5 Å². The Balaban J connectivity index is 4.23. The topological polar surface area (TPSA) is 89.6 Å². The van der Waals surface area contributed by atoms with Gasteiger partial charge in [0.2, 0.25) is 0 Å². The monoisotopic (exact) mass is 241 g/mol. The molecule has 3 N–H and O–H groups in total. The average molecular weight is 242 g/mol. The molecule has 0 aromatic carbocycles. The van der Waals surface area contributed by atoms with Crippen molar-refractivity contribution in [2.75, 3.05) is 0 Å². The third kappa shape index (κ3) is 5.73. The Morgan fingerprint density at radius 1 is 1.55 bits per heavy atom. The van der Waals surface area contributed by atoms with Gasteiger partial charge in [-0.15, -0.1) is 0 Å². The standard InChI is InChI=1S/C2H3Cl3NO4P/c3-2(4,5)1(7)10-11(6,8)9/h(H3,6,8,9). The summed E-state index contributed by atoms with van der Waals surface area (Å²) in [6, 6.07) is 0. The van der Waals surface area contributed by atoms with Gasteiger partial charge in [0.25, 0.3) is 3.79 Å². The van der Waals surface area contributed by atoms with Gasteiger partial charge < -0.3 is 9.42 Å². The molecule has 0 amide bonds. The Hall–Kier alpha value is 0.490. The van der Waals surface area contributed by atoms with Crippen LogP contribution in [0.2, 0.25) is 0 Å². The predicted octanol–water partition coefficient (Wildman–Crippen LogP) is 0.959. The van der Waals surface area contributed by atoms with E-state index in [2.05, 4.69) is 10.0 Å². The molecule has 0 saturated carbocycles. The minimum atomic E-state index is -4.42. The summed E-state index contributed by atoms with van der Waals surface area (Å²) < 4.78 is 11.5. The van der Waals surface area contributed by atoms with Gasteiger partial charge in [0.1, 0.15) is 0 Å². The lowest BCUT2D eigenvalue weighted by Gasteiger charge is -2.10. The summed E-state index contributed by atoms with van der Waals surface area (Å²) in [5, 5.41) is 0. The van der Waals surface area contributed by atoms with Crippen LogP contribution in [0.3, 0.4) is 0 Å². The lowest BCUT2D eigenvalue weighted by molar-refractivity contribution is -0.133. The Bertz CT molecular complexity index is 206. The molecule has 1 atom stereocenters. The molecule has 0 radical (unpaired) electrons. The molecule has 11 heavy (non-hydrogen) atoms. The van der Waals surface area contributed by atoms with Crippen LogP contribution < -0.4 is 5.50 Å². The lowest BCUT2D eigenvalue weighted by atomic mass is 10.8. The zero-order valence-corrected chi connectivity index (χ0v) is 7.99. The van der Waals surface area contributed by atoms with Gasteiger partial charge in [-0.05, 0) is 0 Å². The van der Waals surface area contributed by atoms with Gasteiger partial charge >= 0.3 is 13.7 Å². The molecule has 1 unspecified atom stereocenters. The van der Waals surface area contributed by atoms with Crippen molar-refractivity contribution in [2.24, 2.45) is 5.50 Å². The normalized spacial score (nSPS) is 17.2. The van der Waals surface area contributed by atoms with Crippen LogP contribution in [0.1, 0.15) is 0 Å². The van der Waals surface area contributed by atoms with Crippen molar-refractivity contribution in [1.29, 1.82) is 0 Å². The molecule has 0 bridgehead atoms. The first-order chi connectivity index (χ1) is 4.63. The maximum atomic E-state index is 10.4. The summed E-state index contributed by atoms with van der Waals surface area (Å²) in [5.41, 5.74) is 4.43. The van der Waals surface area contributed by atoms with Gasteiger partial charge in [0.05, 0.1) is 0 Å². The first-order valence-electron chi connectivity index (χ1n) is 2.05. The Morgan fingerprint density at radius 3 is 2.00 bits per heavy atom. The molecule has 0 aromatic heterocycles. The lowest BCUT2D eigenvalue weighted by Crippen LogP contribution is -2.22. The zero-order chi connectivity index (χ0) is 9.28. The van der Waals surface area contributed by atoms with E-state index in [1.165, 1.54) is 0 Å².